The molecule has 0 radical (unpaired) electrons. The lowest BCUT2D eigenvalue weighted by Gasteiger charge is -2.23. The molecule has 0 unspecified atom stereocenters. The standard InChI is InChI=1S/C20H25N3O2/c1-16(24)22-14-17-8-10-19(11-9-17)20(25)23(13-5-12-21)15-18-6-3-2-4-7-18/h2-4,6-11H,5,12-15,21H2,1H3,(H,22,24). The summed E-state index contributed by atoms with van der Waals surface area (Å²) in [5.74, 6) is -0.0839. The molecule has 132 valence electrons. The van der Waals surface area contributed by atoms with Crippen molar-refractivity contribution in [3.05, 3.63) is 71.3 Å². The Bertz CT molecular complexity index is 684. The zero-order valence-electron chi connectivity index (χ0n) is 14.6. The summed E-state index contributed by atoms with van der Waals surface area (Å²) in [5, 5.41) is 2.75. The predicted molar refractivity (Wildman–Crippen MR) is 98.8 cm³/mol. The van der Waals surface area contributed by atoms with E-state index in [-0.39, 0.29) is 11.8 Å². The van der Waals surface area contributed by atoms with E-state index in [1.165, 1.54) is 6.92 Å². The lowest BCUT2D eigenvalue weighted by atomic mass is 10.1. The minimum absolute atomic E-state index is 0.0108. The van der Waals surface area contributed by atoms with Crippen molar-refractivity contribution >= 4 is 11.8 Å². The van der Waals surface area contributed by atoms with Gasteiger partial charge < -0.3 is 16.0 Å². The SMILES string of the molecule is CC(=O)NCc1ccc(C(=O)N(CCCN)Cc2ccccc2)cc1. The topological polar surface area (TPSA) is 75.4 Å². The summed E-state index contributed by atoms with van der Waals surface area (Å²) in [6, 6.07) is 17.3. The lowest BCUT2D eigenvalue weighted by molar-refractivity contribution is -0.119. The Morgan fingerprint density at radius 3 is 2.28 bits per heavy atom. The molecule has 3 N–H and O–H groups in total. The Morgan fingerprint density at radius 1 is 1.00 bits per heavy atom. The van der Waals surface area contributed by atoms with Crippen LogP contribution in [0.4, 0.5) is 0 Å². The highest BCUT2D eigenvalue weighted by Crippen LogP contribution is 2.12. The quantitative estimate of drug-likeness (QED) is 0.775. The smallest absolute Gasteiger partial charge is 0.254 e. The van der Waals surface area contributed by atoms with E-state index < -0.39 is 0 Å². The van der Waals surface area contributed by atoms with Crippen molar-refractivity contribution in [2.45, 2.75) is 26.4 Å². The Labute approximate surface area is 148 Å². The minimum Gasteiger partial charge on any atom is -0.352 e. The molecule has 0 atom stereocenters. The molecule has 0 aliphatic rings. The number of nitrogens with zero attached hydrogens (tertiary/aromatic N) is 1. The van der Waals surface area contributed by atoms with E-state index in [1.54, 1.807) is 12.1 Å². The van der Waals surface area contributed by atoms with Crippen molar-refractivity contribution < 1.29 is 9.59 Å². The van der Waals surface area contributed by atoms with E-state index in [0.717, 1.165) is 17.5 Å². The van der Waals surface area contributed by atoms with Crippen molar-refractivity contribution in [2.75, 3.05) is 13.1 Å². The fraction of sp³-hybridized carbons (Fsp3) is 0.300. The Kier molecular flexibility index (Phi) is 7.16. The number of hydrogen-bond acceptors (Lipinski definition) is 3. The zero-order valence-corrected chi connectivity index (χ0v) is 14.6. The van der Waals surface area contributed by atoms with Gasteiger partial charge in [0, 0.05) is 32.1 Å². The molecule has 0 aromatic heterocycles. The molecule has 2 amide bonds. The van der Waals surface area contributed by atoms with E-state index in [9.17, 15) is 9.59 Å². The number of hydrogen-bond donors (Lipinski definition) is 2. The second-order valence-corrected chi connectivity index (χ2v) is 5.96. The number of nitrogens with two attached hydrogens (primary N) is 1. The minimum atomic E-state index is -0.0732. The van der Waals surface area contributed by atoms with Gasteiger partial charge in [-0.05, 0) is 36.2 Å². The number of carbonyl (C=O) groups excluding carboxylic acids is 2. The normalized spacial score (nSPS) is 10.3. The van der Waals surface area contributed by atoms with Crippen molar-refractivity contribution in [2.24, 2.45) is 5.73 Å². The molecule has 0 aliphatic heterocycles. The molecule has 0 fully saturated rings. The third kappa shape index (κ3) is 6.04. The largest absolute Gasteiger partial charge is 0.352 e. The van der Waals surface area contributed by atoms with E-state index in [0.29, 0.717) is 31.7 Å². The van der Waals surface area contributed by atoms with Gasteiger partial charge in [0.15, 0.2) is 0 Å². The monoisotopic (exact) mass is 339 g/mol. The molecule has 0 saturated heterocycles. The molecule has 0 heterocycles. The number of amides is 2. The maximum absolute atomic E-state index is 12.8. The van der Waals surface area contributed by atoms with E-state index >= 15 is 0 Å². The third-order valence-corrected chi connectivity index (χ3v) is 3.88. The van der Waals surface area contributed by atoms with Crippen LogP contribution in [0, 0.1) is 0 Å². The van der Waals surface area contributed by atoms with Crippen molar-refractivity contribution in [3.63, 3.8) is 0 Å². The van der Waals surface area contributed by atoms with Crippen molar-refractivity contribution in [3.8, 4) is 0 Å². The van der Waals surface area contributed by atoms with Crippen LogP contribution in [-0.2, 0) is 17.9 Å². The molecule has 2 aromatic rings. The summed E-state index contributed by atoms with van der Waals surface area (Å²) in [6.07, 6.45) is 0.763. The van der Waals surface area contributed by atoms with Crippen molar-refractivity contribution in [1.29, 1.82) is 0 Å². The fourth-order valence-corrected chi connectivity index (χ4v) is 2.51. The molecular formula is C20H25N3O2. The Hall–Kier alpha value is -2.66. The first-order chi connectivity index (χ1) is 12.1. The Morgan fingerprint density at radius 2 is 1.68 bits per heavy atom. The van der Waals surface area contributed by atoms with Crippen LogP contribution in [0.2, 0.25) is 0 Å². The van der Waals surface area contributed by atoms with Gasteiger partial charge in [0.25, 0.3) is 5.91 Å². The fourth-order valence-electron chi connectivity index (χ4n) is 2.51. The van der Waals surface area contributed by atoms with Gasteiger partial charge in [0.1, 0.15) is 0 Å². The second-order valence-electron chi connectivity index (χ2n) is 5.96. The first kappa shape index (κ1) is 18.7. The van der Waals surface area contributed by atoms with Crippen LogP contribution in [0.15, 0.2) is 54.6 Å². The highest BCUT2D eigenvalue weighted by Gasteiger charge is 2.15. The summed E-state index contributed by atoms with van der Waals surface area (Å²) >= 11 is 0. The molecule has 5 heteroatoms. The van der Waals surface area contributed by atoms with Crippen molar-refractivity contribution in [1.82, 2.24) is 10.2 Å². The first-order valence-electron chi connectivity index (χ1n) is 8.47. The van der Waals surface area contributed by atoms with Crippen LogP contribution in [0.3, 0.4) is 0 Å². The molecule has 2 aromatic carbocycles. The highest BCUT2D eigenvalue weighted by molar-refractivity contribution is 5.94. The molecule has 0 bridgehead atoms. The van der Waals surface area contributed by atoms with Crippen LogP contribution in [0.5, 0.6) is 0 Å². The Balaban J connectivity index is 2.08. The van der Waals surface area contributed by atoms with Crippen LogP contribution >= 0.6 is 0 Å². The van der Waals surface area contributed by atoms with Crippen LogP contribution in [0.1, 0.15) is 34.8 Å². The number of rotatable bonds is 8. The van der Waals surface area contributed by atoms with Gasteiger partial charge in [0.05, 0.1) is 0 Å². The van der Waals surface area contributed by atoms with E-state index in [2.05, 4.69) is 5.32 Å². The summed E-state index contributed by atoms with van der Waals surface area (Å²) in [5.41, 5.74) is 8.31. The van der Waals surface area contributed by atoms with Crippen LogP contribution in [0.25, 0.3) is 0 Å². The summed E-state index contributed by atoms with van der Waals surface area (Å²) in [6.45, 7) is 3.68. The predicted octanol–water partition coefficient (Wildman–Crippen LogP) is 2.31. The molecule has 5 nitrogen and oxygen atoms in total. The highest BCUT2D eigenvalue weighted by atomic mass is 16.2. The molecule has 0 aliphatic carbocycles. The molecule has 0 spiro atoms. The van der Waals surface area contributed by atoms with Gasteiger partial charge in [-0.3, -0.25) is 9.59 Å². The number of nitrogens with one attached hydrogen (secondary N) is 1. The maximum atomic E-state index is 12.8. The summed E-state index contributed by atoms with van der Waals surface area (Å²) in [4.78, 5) is 25.6. The van der Waals surface area contributed by atoms with Gasteiger partial charge in [-0.25, -0.2) is 0 Å². The van der Waals surface area contributed by atoms with Crippen LogP contribution < -0.4 is 11.1 Å². The number of benzene rings is 2. The third-order valence-electron chi connectivity index (χ3n) is 3.88. The van der Waals surface area contributed by atoms with Gasteiger partial charge in [-0.15, -0.1) is 0 Å². The van der Waals surface area contributed by atoms with Crippen LogP contribution in [-0.4, -0.2) is 29.8 Å². The molecule has 2 rings (SSSR count). The number of carbonyl (C=O) groups is 2. The first-order valence-corrected chi connectivity index (χ1v) is 8.47. The lowest BCUT2D eigenvalue weighted by Crippen LogP contribution is -2.32. The molecule has 25 heavy (non-hydrogen) atoms. The average Bonchev–Trinajstić information content (AvgIpc) is 2.64. The summed E-state index contributed by atoms with van der Waals surface area (Å²) in [7, 11) is 0. The zero-order chi connectivity index (χ0) is 18.1. The molecular weight excluding hydrogens is 314 g/mol. The average molecular weight is 339 g/mol. The van der Waals surface area contributed by atoms with Gasteiger partial charge in [-0.2, -0.15) is 0 Å². The van der Waals surface area contributed by atoms with E-state index in [1.807, 2.05) is 47.4 Å². The maximum Gasteiger partial charge on any atom is 0.254 e. The van der Waals surface area contributed by atoms with Gasteiger partial charge >= 0.3 is 0 Å². The van der Waals surface area contributed by atoms with E-state index in [4.69, 9.17) is 5.73 Å². The van der Waals surface area contributed by atoms with Gasteiger partial charge in [-0.1, -0.05) is 42.5 Å². The molecule has 0 saturated carbocycles. The van der Waals surface area contributed by atoms with Gasteiger partial charge in [0.2, 0.25) is 5.91 Å². The summed E-state index contributed by atoms with van der Waals surface area (Å²) < 4.78 is 0. The second kappa shape index (κ2) is 9.59.